The highest BCUT2D eigenvalue weighted by Crippen LogP contribution is 2.36. The standard InChI is InChI=1S/C13H16ClN3O4/c1-8-2-4-13(5-3-8,12(18)19)16-11-10(14)6-9(7-15-11)17(20)21/h6-8H,2-5H2,1H3,(H,15,16)(H,18,19). The van der Waals surface area contributed by atoms with Gasteiger partial charge in [-0.15, -0.1) is 0 Å². The van der Waals surface area contributed by atoms with Crippen molar-refractivity contribution in [1.29, 1.82) is 0 Å². The SMILES string of the molecule is CC1CCC(Nc2ncc([N+](=O)[O-])cc2Cl)(C(=O)O)CC1. The number of nitrogens with zero attached hydrogens (tertiary/aromatic N) is 2. The number of aromatic nitrogens is 1. The van der Waals surface area contributed by atoms with Gasteiger partial charge in [-0.05, 0) is 31.6 Å². The number of anilines is 1. The van der Waals surface area contributed by atoms with Gasteiger partial charge in [0.25, 0.3) is 5.69 Å². The molecule has 1 aliphatic carbocycles. The molecule has 0 unspecified atom stereocenters. The zero-order valence-electron chi connectivity index (χ0n) is 11.5. The van der Waals surface area contributed by atoms with Crippen LogP contribution in [0.2, 0.25) is 5.02 Å². The summed E-state index contributed by atoms with van der Waals surface area (Å²) in [5.41, 5.74) is -1.34. The van der Waals surface area contributed by atoms with Crippen LogP contribution in [-0.2, 0) is 4.79 Å². The van der Waals surface area contributed by atoms with E-state index in [1.807, 2.05) is 0 Å². The van der Waals surface area contributed by atoms with Crippen LogP contribution in [-0.4, -0.2) is 26.5 Å². The molecule has 2 N–H and O–H groups in total. The molecule has 1 saturated carbocycles. The summed E-state index contributed by atoms with van der Waals surface area (Å²) in [6.45, 7) is 2.09. The second-order valence-electron chi connectivity index (χ2n) is 5.48. The molecule has 1 aromatic rings. The zero-order valence-corrected chi connectivity index (χ0v) is 12.3. The van der Waals surface area contributed by atoms with Gasteiger partial charge >= 0.3 is 5.97 Å². The van der Waals surface area contributed by atoms with E-state index in [0.717, 1.165) is 25.1 Å². The number of rotatable bonds is 4. The zero-order chi connectivity index (χ0) is 15.6. The third-order valence-corrected chi connectivity index (χ3v) is 4.22. The predicted octanol–water partition coefficient (Wildman–Crippen LogP) is 3.09. The van der Waals surface area contributed by atoms with Gasteiger partial charge in [0.2, 0.25) is 0 Å². The molecule has 114 valence electrons. The molecule has 0 bridgehead atoms. The minimum absolute atomic E-state index is 0.0449. The third-order valence-electron chi connectivity index (χ3n) is 3.93. The summed E-state index contributed by atoms with van der Waals surface area (Å²) >= 11 is 5.97. The van der Waals surface area contributed by atoms with Crippen molar-refractivity contribution >= 4 is 29.1 Å². The van der Waals surface area contributed by atoms with Gasteiger partial charge in [-0.1, -0.05) is 18.5 Å². The summed E-state index contributed by atoms with van der Waals surface area (Å²) in [4.78, 5) is 25.6. The van der Waals surface area contributed by atoms with Gasteiger partial charge in [-0.3, -0.25) is 10.1 Å². The number of nitro groups is 1. The van der Waals surface area contributed by atoms with E-state index in [4.69, 9.17) is 11.6 Å². The van der Waals surface area contributed by atoms with Crippen molar-refractivity contribution < 1.29 is 14.8 Å². The number of carbonyl (C=O) groups is 1. The maximum Gasteiger partial charge on any atom is 0.329 e. The van der Waals surface area contributed by atoms with E-state index < -0.39 is 16.4 Å². The fraction of sp³-hybridized carbons (Fsp3) is 0.538. The molecule has 21 heavy (non-hydrogen) atoms. The lowest BCUT2D eigenvalue weighted by molar-refractivity contribution is -0.385. The fourth-order valence-electron chi connectivity index (χ4n) is 2.49. The largest absolute Gasteiger partial charge is 0.480 e. The van der Waals surface area contributed by atoms with E-state index in [-0.39, 0.29) is 16.5 Å². The smallest absolute Gasteiger partial charge is 0.329 e. The molecule has 1 fully saturated rings. The lowest BCUT2D eigenvalue weighted by atomic mass is 9.77. The van der Waals surface area contributed by atoms with Gasteiger partial charge < -0.3 is 10.4 Å². The molecule has 0 aromatic carbocycles. The number of nitrogens with one attached hydrogen (secondary N) is 1. The van der Waals surface area contributed by atoms with Crippen LogP contribution in [0, 0.1) is 16.0 Å². The van der Waals surface area contributed by atoms with Gasteiger partial charge in [0, 0.05) is 6.07 Å². The van der Waals surface area contributed by atoms with E-state index in [9.17, 15) is 20.0 Å². The first-order chi connectivity index (χ1) is 9.84. The quantitative estimate of drug-likeness (QED) is 0.653. The van der Waals surface area contributed by atoms with Crippen LogP contribution in [0.5, 0.6) is 0 Å². The second-order valence-corrected chi connectivity index (χ2v) is 5.88. The molecule has 1 aliphatic rings. The number of carboxylic acids is 1. The molecule has 0 radical (unpaired) electrons. The summed E-state index contributed by atoms with van der Waals surface area (Å²) in [5.74, 6) is -0.301. The molecular formula is C13H16ClN3O4. The first-order valence-electron chi connectivity index (χ1n) is 6.65. The maximum absolute atomic E-state index is 11.6. The van der Waals surface area contributed by atoms with Crippen LogP contribution in [0.25, 0.3) is 0 Å². The molecule has 0 amide bonds. The predicted molar refractivity (Wildman–Crippen MR) is 77.5 cm³/mol. The molecule has 2 rings (SSSR count). The second kappa shape index (κ2) is 5.85. The van der Waals surface area contributed by atoms with Crippen LogP contribution in [0.1, 0.15) is 32.6 Å². The Bertz CT molecular complexity index is 571. The topological polar surface area (TPSA) is 105 Å². The molecule has 8 heteroatoms. The Morgan fingerprint density at radius 2 is 2.19 bits per heavy atom. The molecule has 1 aromatic heterocycles. The Morgan fingerprint density at radius 1 is 1.57 bits per heavy atom. The van der Waals surface area contributed by atoms with E-state index in [0.29, 0.717) is 18.8 Å². The number of pyridine rings is 1. The summed E-state index contributed by atoms with van der Waals surface area (Å²) in [6.07, 6.45) is 3.60. The lowest BCUT2D eigenvalue weighted by Gasteiger charge is -2.36. The number of carboxylic acid groups (broad SMARTS) is 1. The maximum atomic E-state index is 11.6. The number of halogens is 1. The monoisotopic (exact) mass is 313 g/mol. The number of aliphatic carboxylic acids is 1. The molecule has 1 heterocycles. The Kier molecular flexibility index (Phi) is 4.32. The van der Waals surface area contributed by atoms with Crippen LogP contribution in [0.15, 0.2) is 12.3 Å². The summed E-state index contributed by atoms with van der Waals surface area (Å²) < 4.78 is 0. The molecule has 0 spiro atoms. The molecule has 0 saturated heterocycles. The van der Waals surface area contributed by atoms with E-state index in [1.54, 1.807) is 0 Å². The van der Waals surface area contributed by atoms with Crippen molar-refractivity contribution in [3.8, 4) is 0 Å². The molecule has 0 aliphatic heterocycles. The van der Waals surface area contributed by atoms with Gasteiger partial charge in [-0.25, -0.2) is 9.78 Å². The van der Waals surface area contributed by atoms with Gasteiger partial charge in [0.15, 0.2) is 0 Å². The average molecular weight is 314 g/mol. The van der Waals surface area contributed by atoms with Gasteiger partial charge in [0.05, 0.1) is 9.95 Å². The van der Waals surface area contributed by atoms with Crippen molar-refractivity contribution in [2.45, 2.75) is 38.1 Å². The van der Waals surface area contributed by atoms with Gasteiger partial charge in [0.1, 0.15) is 17.6 Å². The molecule has 0 atom stereocenters. The van der Waals surface area contributed by atoms with Crippen molar-refractivity contribution in [2.75, 3.05) is 5.32 Å². The van der Waals surface area contributed by atoms with Crippen LogP contribution in [0.3, 0.4) is 0 Å². The van der Waals surface area contributed by atoms with E-state index in [2.05, 4.69) is 17.2 Å². The normalized spacial score (nSPS) is 25.3. The first kappa shape index (κ1) is 15.5. The highest BCUT2D eigenvalue weighted by molar-refractivity contribution is 6.33. The first-order valence-corrected chi connectivity index (χ1v) is 7.03. The Hall–Kier alpha value is -1.89. The van der Waals surface area contributed by atoms with E-state index >= 15 is 0 Å². The highest BCUT2D eigenvalue weighted by Gasteiger charge is 2.42. The third kappa shape index (κ3) is 3.24. The van der Waals surface area contributed by atoms with E-state index in [1.165, 1.54) is 0 Å². The average Bonchev–Trinajstić information content (AvgIpc) is 2.43. The van der Waals surface area contributed by atoms with Crippen LogP contribution in [0.4, 0.5) is 11.5 Å². The van der Waals surface area contributed by atoms with Crippen molar-refractivity contribution in [1.82, 2.24) is 4.98 Å². The van der Waals surface area contributed by atoms with Crippen molar-refractivity contribution in [2.24, 2.45) is 5.92 Å². The van der Waals surface area contributed by atoms with Crippen molar-refractivity contribution in [3.63, 3.8) is 0 Å². The number of hydrogen-bond acceptors (Lipinski definition) is 5. The van der Waals surface area contributed by atoms with Crippen LogP contribution >= 0.6 is 11.6 Å². The van der Waals surface area contributed by atoms with Crippen LogP contribution < -0.4 is 5.32 Å². The minimum atomic E-state index is -1.11. The van der Waals surface area contributed by atoms with Gasteiger partial charge in [-0.2, -0.15) is 0 Å². The summed E-state index contributed by atoms with van der Waals surface area (Å²) in [6, 6.07) is 1.16. The Labute approximate surface area is 126 Å². The number of hydrogen-bond donors (Lipinski definition) is 2. The minimum Gasteiger partial charge on any atom is -0.480 e. The summed E-state index contributed by atoms with van der Waals surface area (Å²) in [5, 5.41) is 23.1. The van der Waals surface area contributed by atoms with Crippen molar-refractivity contribution in [3.05, 3.63) is 27.4 Å². The highest BCUT2D eigenvalue weighted by atomic mass is 35.5. The molecule has 7 nitrogen and oxygen atoms in total. The fourth-order valence-corrected chi connectivity index (χ4v) is 2.70. The Morgan fingerprint density at radius 3 is 2.67 bits per heavy atom. The molecular weight excluding hydrogens is 298 g/mol. The summed E-state index contributed by atoms with van der Waals surface area (Å²) in [7, 11) is 0. The lowest BCUT2D eigenvalue weighted by Crippen LogP contribution is -2.49. The Balaban J connectivity index is 2.26.